The molecule has 0 saturated carbocycles. The molecule has 0 aliphatic carbocycles. The first-order valence-electron chi connectivity index (χ1n) is 12.8. The second-order valence-electron chi connectivity index (χ2n) is 9.28. The number of nitrogens with zero attached hydrogens (tertiary/aromatic N) is 4. The van der Waals surface area contributed by atoms with Crippen molar-refractivity contribution < 1.29 is 14.4 Å². The van der Waals surface area contributed by atoms with Gasteiger partial charge in [-0.05, 0) is 18.2 Å². The Hall–Kier alpha value is -4.93. The van der Waals surface area contributed by atoms with Gasteiger partial charge in [-0.15, -0.1) is 0 Å². The average Bonchev–Trinajstić information content (AvgIpc) is 3.40. The number of carbonyl (C=O) groups excluding carboxylic acids is 3. The molecule has 5 rings (SSSR count). The van der Waals surface area contributed by atoms with Gasteiger partial charge in [0, 0.05) is 57.4 Å². The van der Waals surface area contributed by atoms with Crippen LogP contribution in [0.2, 0.25) is 0 Å². The summed E-state index contributed by atoms with van der Waals surface area (Å²) in [4.78, 5) is 53.0. The standard InChI is InChI=1S/C28H30N8O3/c1-18(37)30-11-12-31-26-21-17-22(32-27(21)34-25(33-26)19-7-3-2-4-8-19)28(39)36-15-13-35(14-16-36)23-10-6-5-9-20(23)24(29)38/h2-10,17H,11-16H2,1H3,(H2,29,38)(H,30,37)(H2,31,32,33,34). The van der Waals surface area contributed by atoms with Crippen LogP contribution in [0.25, 0.3) is 22.4 Å². The lowest BCUT2D eigenvalue weighted by Gasteiger charge is -2.36. The number of amides is 3. The minimum Gasteiger partial charge on any atom is -0.368 e. The average molecular weight is 527 g/mol. The van der Waals surface area contributed by atoms with Gasteiger partial charge >= 0.3 is 0 Å². The maximum atomic E-state index is 13.5. The van der Waals surface area contributed by atoms with Crippen LogP contribution in [0.5, 0.6) is 0 Å². The SMILES string of the molecule is CC(=O)NCCNc1nc(-c2ccccc2)nc2[nH]c(C(=O)N3CCN(c4ccccc4C(N)=O)CC3)cc12. The Morgan fingerprint density at radius 1 is 0.949 bits per heavy atom. The monoisotopic (exact) mass is 526 g/mol. The van der Waals surface area contributed by atoms with Crippen LogP contribution in [-0.2, 0) is 4.79 Å². The van der Waals surface area contributed by atoms with E-state index in [0.29, 0.717) is 73.2 Å². The van der Waals surface area contributed by atoms with Gasteiger partial charge in [0.25, 0.3) is 11.8 Å². The molecule has 11 nitrogen and oxygen atoms in total. The number of aromatic amines is 1. The van der Waals surface area contributed by atoms with Crippen LogP contribution < -0.4 is 21.3 Å². The molecule has 2 aromatic carbocycles. The van der Waals surface area contributed by atoms with E-state index in [4.69, 9.17) is 10.7 Å². The van der Waals surface area contributed by atoms with E-state index in [9.17, 15) is 14.4 Å². The number of rotatable bonds is 8. The predicted octanol–water partition coefficient (Wildman–Crippen LogP) is 2.23. The summed E-state index contributed by atoms with van der Waals surface area (Å²) in [7, 11) is 0. The van der Waals surface area contributed by atoms with Gasteiger partial charge in [0.15, 0.2) is 5.82 Å². The molecule has 1 aliphatic rings. The van der Waals surface area contributed by atoms with Crippen LogP contribution in [0, 0.1) is 0 Å². The summed E-state index contributed by atoms with van der Waals surface area (Å²) < 4.78 is 0. The number of H-pyrrole nitrogens is 1. The summed E-state index contributed by atoms with van der Waals surface area (Å²) in [5, 5.41) is 6.72. The fourth-order valence-electron chi connectivity index (χ4n) is 4.67. The Balaban J connectivity index is 1.36. The van der Waals surface area contributed by atoms with Gasteiger partial charge in [-0.2, -0.15) is 0 Å². The van der Waals surface area contributed by atoms with Crippen LogP contribution >= 0.6 is 0 Å². The third kappa shape index (κ3) is 5.66. The minimum atomic E-state index is -0.473. The highest BCUT2D eigenvalue weighted by Crippen LogP contribution is 2.27. The van der Waals surface area contributed by atoms with Gasteiger partial charge in [0.1, 0.15) is 17.2 Å². The molecular formula is C28H30N8O3. The molecular weight excluding hydrogens is 496 g/mol. The van der Waals surface area contributed by atoms with Crippen molar-refractivity contribution in [2.45, 2.75) is 6.92 Å². The summed E-state index contributed by atoms with van der Waals surface area (Å²) in [5.74, 6) is 0.378. The lowest BCUT2D eigenvalue weighted by molar-refractivity contribution is -0.118. The highest BCUT2D eigenvalue weighted by molar-refractivity contribution is 6.01. The number of fused-ring (bicyclic) bond motifs is 1. The van der Waals surface area contributed by atoms with Crippen molar-refractivity contribution in [3.05, 3.63) is 71.9 Å². The lowest BCUT2D eigenvalue weighted by atomic mass is 10.1. The molecule has 4 aromatic rings. The molecule has 0 unspecified atom stereocenters. The molecule has 200 valence electrons. The Morgan fingerprint density at radius 3 is 2.38 bits per heavy atom. The molecule has 5 N–H and O–H groups in total. The van der Waals surface area contributed by atoms with Crippen molar-refractivity contribution in [1.29, 1.82) is 0 Å². The number of para-hydroxylation sites is 1. The number of primary amides is 1. The van der Waals surface area contributed by atoms with Gasteiger partial charge in [-0.3, -0.25) is 14.4 Å². The topological polar surface area (TPSA) is 149 Å². The van der Waals surface area contributed by atoms with Crippen LogP contribution in [0.15, 0.2) is 60.7 Å². The first-order chi connectivity index (χ1) is 18.9. The highest BCUT2D eigenvalue weighted by atomic mass is 16.2. The molecule has 2 aromatic heterocycles. The van der Waals surface area contributed by atoms with Gasteiger partial charge in [-0.25, -0.2) is 9.97 Å². The zero-order valence-corrected chi connectivity index (χ0v) is 21.6. The third-order valence-corrected chi connectivity index (χ3v) is 6.62. The van der Waals surface area contributed by atoms with Crippen LogP contribution in [0.4, 0.5) is 11.5 Å². The van der Waals surface area contributed by atoms with Gasteiger partial charge in [0.05, 0.1) is 10.9 Å². The quantitative estimate of drug-likeness (QED) is 0.257. The van der Waals surface area contributed by atoms with Crippen molar-refractivity contribution in [2.24, 2.45) is 5.73 Å². The number of hydrogen-bond acceptors (Lipinski definition) is 7. The summed E-state index contributed by atoms with van der Waals surface area (Å²) in [5.41, 5.74) is 8.61. The first kappa shape index (κ1) is 25.7. The van der Waals surface area contributed by atoms with Crippen molar-refractivity contribution in [2.75, 3.05) is 49.5 Å². The number of piperazine rings is 1. The maximum absolute atomic E-state index is 13.5. The summed E-state index contributed by atoms with van der Waals surface area (Å²) >= 11 is 0. The predicted molar refractivity (Wildman–Crippen MR) is 150 cm³/mol. The molecule has 0 atom stereocenters. The molecule has 11 heteroatoms. The van der Waals surface area contributed by atoms with Crippen molar-refractivity contribution in [1.82, 2.24) is 25.2 Å². The molecule has 0 radical (unpaired) electrons. The molecule has 1 saturated heterocycles. The number of aromatic nitrogens is 3. The second kappa shape index (κ2) is 11.2. The largest absolute Gasteiger partial charge is 0.368 e. The number of benzene rings is 2. The summed E-state index contributed by atoms with van der Waals surface area (Å²) in [6.07, 6.45) is 0. The van der Waals surface area contributed by atoms with E-state index < -0.39 is 5.91 Å². The second-order valence-corrected chi connectivity index (χ2v) is 9.28. The molecule has 1 aliphatic heterocycles. The number of nitrogens with one attached hydrogen (secondary N) is 3. The van der Waals surface area contributed by atoms with E-state index in [-0.39, 0.29) is 11.8 Å². The van der Waals surface area contributed by atoms with Gasteiger partial charge in [0.2, 0.25) is 5.91 Å². The molecule has 0 spiro atoms. The van der Waals surface area contributed by atoms with Crippen LogP contribution in [0.1, 0.15) is 27.8 Å². The number of nitrogens with two attached hydrogens (primary N) is 1. The summed E-state index contributed by atoms with van der Waals surface area (Å²) in [6.45, 7) is 4.49. The van der Waals surface area contributed by atoms with E-state index in [2.05, 4.69) is 25.5 Å². The fourth-order valence-corrected chi connectivity index (χ4v) is 4.67. The van der Waals surface area contributed by atoms with Crippen molar-refractivity contribution in [3.63, 3.8) is 0 Å². The lowest BCUT2D eigenvalue weighted by Crippen LogP contribution is -2.49. The number of anilines is 2. The molecule has 3 heterocycles. The summed E-state index contributed by atoms with van der Waals surface area (Å²) in [6, 6.07) is 18.6. The van der Waals surface area contributed by atoms with E-state index in [1.54, 1.807) is 23.1 Å². The van der Waals surface area contributed by atoms with Crippen molar-refractivity contribution >= 4 is 40.3 Å². The minimum absolute atomic E-state index is 0.109. The van der Waals surface area contributed by atoms with Crippen molar-refractivity contribution in [3.8, 4) is 11.4 Å². The molecule has 1 fully saturated rings. The third-order valence-electron chi connectivity index (χ3n) is 6.62. The Bertz CT molecular complexity index is 1510. The van der Waals surface area contributed by atoms with E-state index in [0.717, 1.165) is 11.3 Å². The zero-order valence-electron chi connectivity index (χ0n) is 21.6. The first-order valence-corrected chi connectivity index (χ1v) is 12.8. The molecule has 0 bridgehead atoms. The van der Waals surface area contributed by atoms with E-state index in [1.165, 1.54) is 6.92 Å². The van der Waals surface area contributed by atoms with E-state index >= 15 is 0 Å². The Kier molecular flexibility index (Phi) is 7.39. The maximum Gasteiger partial charge on any atom is 0.270 e. The van der Waals surface area contributed by atoms with Crippen LogP contribution in [-0.4, -0.2) is 76.8 Å². The Labute approximate surface area is 225 Å². The smallest absolute Gasteiger partial charge is 0.270 e. The fraction of sp³-hybridized carbons (Fsp3) is 0.250. The van der Waals surface area contributed by atoms with E-state index in [1.807, 2.05) is 42.5 Å². The van der Waals surface area contributed by atoms with Gasteiger partial charge in [-0.1, -0.05) is 42.5 Å². The zero-order chi connectivity index (χ0) is 27.4. The molecule has 3 amide bonds. The van der Waals surface area contributed by atoms with Crippen LogP contribution in [0.3, 0.4) is 0 Å². The highest BCUT2D eigenvalue weighted by Gasteiger charge is 2.26. The number of hydrogen-bond donors (Lipinski definition) is 4. The number of carbonyl (C=O) groups is 3. The Morgan fingerprint density at radius 2 is 1.67 bits per heavy atom. The normalized spacial score (nSPS) is 13.4. The molecule has 39 heavy (non-hydrogen) atoms. The van der Waals surface area contributed by atoms with Gasteiger partial charge < -0.3 is 31.2 Å².